The molecule has 1 aliphatic heterocycles. The number of guanidine groups is 1. The maximum atomic E-state index is 12.3. The van der Waals surface area contributed by atoms with Crippen LogP contribution in [0.15, 0.2) is 4.99 Å². The Labute approximate surface area is 102 Å². The second kappa shape index (κ2) is 4.85. The number of carbonyl (C=O) groups excluding carboxylic acids is 2. The van der Waals surface area contributed by atoms with Crippen molar-refractivity contribution in [1.82, 2.24) is 10.2 Å². The average molecular weight is 239 g/mol. The summed E-state index contributed by atoms with van der Waals surface area (Å²) in [4.78, 5) is 30.1. The molecule has 96 valence electrons. The van der Waals surface area contributed by atoms with Crippen LogP contribution < -0.4 is 5.32 Å². The molecular weight excluding hydrogens is 218 g/mol. The molecule has 1 heterocycles. The first kappa shape index (κ1) is 13.7. The predicted molar refractivity (Wildman–Crippen MR) is 66.5 cm³/mol. The summed E-state index contributed by atoms with van der Waals surface area (Å²) in [5, 5.41) is 2.74. The van der Waals surface area contributed by atoms with Crippen LogP contribution in [0.3, 0.4) is 0 Å². The molecule has 1 fully saturated rings. The van der Waals surface area contributed by atoms with Crippen LogP contribution in [-0.4, -0.2) is 35.8 Å². The normalized spacial score (nSPS) is 22.2. The van der Waals surface area contributed by atoms with Gasteiger partial charge in [0.25, 0.3) is 0 Å². The number of nitrogens with one attached hydrogen (secondary N) is 1. The van der Waals surface area contributed by atoms with E-state index in [2.05, 4.69) is 10.3 Å². The Kier molecular flexibility index (Phi) is 3.91. The van der Waals surface area contributed by atoms with Crippen LogP contribution in [0.4, 0.5) is 0 Å². The molecule has 0 aliphatic carbocycles. The van der Waals surface area contributed by atoms with Gasteiger partial charge in [0.05, 0.1) is 0 Å². The molecule has 5 heteroatoms. The molecule has 1 saturated heterocycles. The fourth-order valence-electron chi connectivity index (χ4n) is 2.06. The predicted octanol–water partition coefficient (Wildman–Crippen LogP) is 1.15. The second-order valence-corrected chi connectivity index (χ2v) is 4.65. The number of hydrogen-bond donors (Lipinski definition) is 1. The molecule has 0 aromatic rings. The average Bonchev–Trinajstić information content (AvgIpc) is 2.27. The van der Waals surface area contributed by atoms with Gasteiger partial charge >= 0.3 is 0 Å². The number of aliphatic imine (C=N–C) groups is 1. The molecule has 0 atom stereocenters. The van der Waals surface area contributed by atoms with Gasteiger partial charge in [-0.05, 0) is 26.7 Å². The lowest BCUT2D eigenvalue weighted by Gasteiger charge is -2.38. The molecule has 1 aliphatic rings. The van der Waals surface area contributed by atoms with E-state index < -0.39 is 5.41 Å². The van der Waals surface area contributed by atoms with Gasteiger partial charge in [-0.2, -0.15) is 0 Å². The second-order valence-electron chi connectivity index (χ2n) is 4.65. The highest BCUT2D eigenvalue weighted by molar-refractivity contribution is 6.20. The quantitative estimate of drug-likeness (QED) is 0.751. The SMILES string of the molecule is CCC1(CC)C(=O)NC(=NC(C)C)N(C)C1=O. The largest absolute Gasteiger partial charge is 0.295 e. The first-order valence-electron chi connectivity index (χ1n) is 6.06. The molecule has 0 radical (unpaired) electrons. The van der Waals surface area contributed by atoms with Gasteiger partial charge in [-0.3, -0.25) is 19.8 Å². The van der Waals surface area contributed by atoms with E-state index in [1.54, 1.807) is 7.05 Å². The van der Waals surface area contributed by atoms with Gasteiger partial charge in [-0.25, -0.2) is 4.99 Å². The summed E-state index contributed by atoms with van der Waals surface area (Å²) in [7, 11) is 1.66. The summed E-state index contributed by atoms with van der Waals surface area (Å²) in [6, 6.07) is 0.0382. The molecule has 0 unspecified atom stereocenters. The molecule has 1 rings (SSSR count). The first-order valence-corrected chi connectivity index (χ1v) is 6.06. The molecule has 0 spiro atoms. The number of carbonyl (C=O) groups is 2. The minimum absolute atomic E-state index is 0.0382. The van der Waals surface area contributed by atoms with Crippen LogP contribution in [0.2, 0.25) is 0 Å². The van der Waals surface area contributed by atoms with Crippen molar-refractivity contribution in [2.75, 3.05) is 7.05 Å². The van der Waals surface area contributed by atoms with Gasteiger partial charge in [-0.15, -0.1) is 0 Å². The number of nitrogens with zero attached hydrogens (tertiary/aromatic N) is 2. The van der Waals surface area contributed by atoms with Crippen molar-refractivity contribution in [3.8, 4) is 0 Å². The highest BCUT2D eigenvalue weighted by Gasteiger charge is 2.49. The molecule has 0 aromatic heterocycles. The monoisotopic (exact) mass is 239 g/mol. The Morgan fingerprint density at radius 2 is 1.82 bits per heavy atom. The molecule has 0 saturated carbocycles. The smallest absolute Gasteiger partial charge is 0.244 e. The van der Waals surface area contributed by atoms with Crippen LogP contribution in [0.1, 0.15) is 40.5 Å². The van der Waals surface area contributed by atoms with E-state index >= 15 is 0 Å². The number of amides is 2. The minimum Gasteiger partial charge on any atom is -0.295 e. The van der Waals surface area contributed by atoms with Crippen LogP contribution in [-0.2, 0) is 9.59 Å². The Morgan fingerprint density at radius 1 is 1.29 bits per heavy atom. The third-order valence-corrected chi connectivity index (χ3v) is 3.28. The summed E-state index contributed by atoms with van der Waals surface area (Å²) >= 11 is 0. The number of rotatable bonds is 3. The van der Waals surface area contributed by atoms with Crippen molar-refractivity contribution in [2.24, 2.45) is 10.4 Å². The molecule has 5 nitrogen and oxygen atoms in total. The Balaban J connectivity index is 3.12. The third-order valence-electron chi connectivity index (χ3n) is 3.28. The van der Waals surface area contributed by atoms with E-state index in [0.717, 1.165) is 0 Å². The van der Waals surface area contributed by atoms with E-state index in [4.69, 9.17) is 0 Å². The third kappa shape index (κ3) is 2.18. The lowest BCUT2D eigenvalue weighted by atomic mass is 9.79. The first-order chi connectivity index (χ1) is 7.89. The Bertz CT molecular complexity index is 357. The molecular formula is C12H21N3O2. The summed E-state index contributed by atoms with van der Waals surface area (Å²) in [6.07, 6.45) is 1.01. The van der Waals surface area contributed by atoms with E-state index in [0.29, 0.717) is 18.8 Å². The van der Waals surface area contributed by atoms with Crippen molar-refractivity contribution >= 4 is 17.8 Å². The van der Waals surface area contributed by atoms with Gasteiger partial charge in [0, 0.05) is 13.1 Å². The van der Waals surface area contributed by atoms with E-state index in [1.807, 2.05) is 27.7 Å². The molecule has 0 bridgehead atoms. The van der Waals surface area contributed by atoms with Crippen molar-refractivity contribution in [2.45, 2.75) is 46.6 Å². The van der Waals surface area contributed by atoms with Crippen molar-refractivity contribution < 1.29 is 9.59 Å². The lowest BCUT2D eigenvalue weighted by molar-refractivity contribution is -0.150. The summed E-state index contributed by atoms with van der Waals surface area (Å²) < 4.78 is 0. The summed E-state index contributed by atoms with van der Waals surface area (Å²) in [6.45, 7) is 7.52. The minimum atomic E-state index is -0.926. The van der Waals surface area contributed by atoms with Crippen LogP contribution in [0.25, 0.3) is 0 Å². The molecule has 0 aromatic carbocycles. The van der Waals surface area contributed by atoms with E-state index in [9.17, 15) is 9.59 Å². The maximum Gasteiger partial charge on any atom is 0.244 e. The molecule has 2 amide bonds. The number of hydrogen-bond acceptors (Lipinski definition) is 3. The van der Waals surface area contributed by atoms with Crippen LogP contribution >= 0.6 is 0 Å². The fraction of sp³-hybridized carbons (Fsp3) is 0.750. The zero-order chi connectivity index (χ0) is 13.2. The van der Waals surface area contributed by atoms with Crippen molar-refractivity contribution in [3.63, 3.8) is 0 Å². The van der Waals surface area contributed by atoms with Gasteiger partial charge in [0.15, 0.2) is 0 Å². The van der Waals surface area contributed by atoms with Crippen molar-refractivity contribution in [3.05, 3.63) is 0 Å². The van der Waals surface area contributed by atoms with Gasteiger partial charge in [-0.1, -0.05) is 13.8 Å². The van der Waals surface area contributed by atoms with Crippen LogP contribution in [0, 0.1) is 5.41 Å². The molecule has 17 heavy (non-hydrogen) atoms. The summed E-state index contributed by atoms with van der Waals surface area (Å²) in [5.41, 5.74) is -0.926. The standard InChI is InChI=1S/C12H21N3O2/c1-6-12(7-2)9(16)14-11(13-8(3)4)15(5)10(12)17/h8H,6-7H2,1-5H3,(H,13,14,16). The zero-order valence-electron chi connectivity index (χ0n) is 11.2. The van der Waals surface area contributed by atoms with E-state index in [-0.39, 0.29) is 17.9 Å². The summed E-state index contributed by atoms with van der Waals surface area (Å²) in [5.74, 6) is -0.0387. The van der Waals surface area contributed by atoms with Gasteiger partial charge < -0.3 is 0 Å². The molecule has 1 N–H and O–H groups in total. The maximum absolute atomic E-state index is 12.3. The fourth-order valence-corrected chi connectivity index (χ4v) is 2.06. The zero-order valence-corrected chi connectivity index (χ0v) is 11.2. The highest BCUT2D eigenvalue weighted by Crippen LogP contribution is 2.31. The topological polar surface area (TPSA) is 61.8 Å². The van der Waals surface area contributed by atoms with Gasteiger partial charge in [0.2, 0.25) is 17.8 Å². The van der Waals surface area contributed by atoms with Crippen LogP contribution in [0.5, 0.6) is 0 Å². The van der Waals surface area contributed by atoms with E-state index in [1.165, 1.54) is 4.90 Å². The Hall–Kier alpha value is -1.39. The van der Waals surface area contributed by atoms with Crippen molar-refractivity contribution in [1.29, 1.82) is 0 Å². The highest BCUT2D eigenvalue weighted by atomic mass is 16.2. The van der Waals surface area contributed by atoms with Gasteiger partial charge in [0.1, 0.15) is 5.41 Å². The lowest BCUT2D eigenvalue weighted by Crippen LogP contribution is -2.63. The Morgan fingerprint density at radius 3 is 2.24 bits per heavy atom.